The van der Waals surface area contributed by atoms with Gasteiger partial charge in [-0.05, 0) is 30.7 Å². The molecule has 0 aromatic heterocycles. The van der Waals surface area contributed by atoms with Gasteiger partial charge in [0.15, 0.2) is 6.61 Å². The molecule has 2 N–H and O–H groups in total. The molecule has 2 amide bonds. The van der Waals surface area contributed by atoms with E-state index >= 15 is 0 Å². The Kier molecular flexibility index (Phi) is 4.65. The van der Waals surface area contributed by atoms with E-state index in [1.54, 1.807) is 24.3 Å². The Morgan fingerprint density at radius 3 is 2.62 bits per heavy atom. The van der Waals surface area contributed by atoms with Crippen molar-refractivity contribution in [3.8, 4) is 5.75 Å². The summed E-state index contributed by atoms with van der Waals surface area (Å²) in [5.74, 6) is -0.00997. The fourth-order valence-corrected chi connectivity index (χ4v) is 2.56. The first-order chi connectivity index (χ1) is 11.7. The molecule has 124 valence electrons. The van der Waals surface area contributed by atoms with E-state index < -0.39 is 0 Å². The second-order valence-corrected chi connectivity index (χ2v) is 5.43. The highest BCUT2D eigenvalue weighted by Crippen LogP contribution is 2.24. The van der Waals surface area contributed by atoms with Crippen LogP contribution in [0.1, 0.15) is 23.7 Å². The molecule has 0 spiro atoms. The number of hydrazine groups is 1. The van der Waals surface area contributed by atoms with Gasteiger partial charge in [-0.25, -0.2) is 5.01 Å². The predicted octanol–water partition coefficient (Wildman–Crippen LogP) is 2.40. The standard InChI is InChI=1S/C18H19N3O3/c1-2-16-19-15-11-7-6-10-14(15)18(23)21(16)20-17(22)12-24-13-8-4-3-5-9-13/h3-11,16,19H,2,12H2,1H3,(H,20,22). The zero-order valence-corrected chi connectivity index (χ0v) is 13.4. The topological polar surface area (TPSA) is 70.7 Å². The number of carbonyl (C=O) groups is 2. The minimum absolute atomic E-state index is 0.161. The van der Waals surface area contributed by atoms with Crippen LogP contribution in [-0.4, -0.2) is 29.6 Å². The Morgan fingerprint density at radius 2 is 1.88 bits per heavy atom. The monoisotopic (exact) mass is 325 g/mol. The summed E-state index contributed by atoms with van der Waals surface area (Å²) in [6, 6.07) is 16.3. The fourth-order valence-electron chi connectivity index (χ4n) is 2.56. The second kappa shape index (κ2) is 7.04. The number of rotatable bonds is 5. The first-order valence-corrected chi connectivity index (χ1v) is 7.85. The molecule has 1 heterocycles. The molecule has 24 heavy (non-hydrogen) atoms. The number of amides is 2. The largest absolute Gasteiger partial charge is 0.484 e. The molecule has 6 nitrogen and oxygen atoms in total. The summed E-state index contributed by atoms with van der Waals surface area (Å²) in [6.07, 6.45) is 0.355. The van der Waals surface area contributed by atoms with E-state index in [1.807, 2.05) is 37.3 Å². The summed E-state index contributed by atoms with van der Waals surface area (Å²) in [5, 5.41) is 4.59. The van der Waals surface area contributed by atoms with Gasteiger partial charge in [0.2, 0.25) is 0 Å². The molecule has 0 bridgehead atoms. The highest BCUT2D eigenvalue weighted by molar-refractivity contribution is 6.02. The Balaban J connectivity index is 1.67. The maximum Gasteiger partial charge on any atom is 0.276 e. The second-order valence-electron chi connectivity index (χ2n) is 5.43. The normalized spacial score (nSPS) is 16.1. The SMILES string of the molecule is CCC1Nc2ccccc2C(=O)N1NC(=O)COc1ccccc1. The first kappa shape index (κ1) is 15.9. The third-order valence-corrected chi connectivity index (χ3v) is 3.76. The zero-order chi connectivity index (χ0) is 16.9. The number of carbonyl (C=O) groups excluding carboxylic acids is 2. The van der Waals surface area contributed by atoms with Crippen LogP contribution in [0.2, 0.25) is 0 Å². The van der Waals surface area contributed by atoms with Crippen LogP contribution in [0.4, 0.5) is 5.69 Å². The number of nitrogens with one attached hydrogen (secondary N) is 2. The maximum absolute atomic E-state index is 12.6. The Hall–Kier alpha value is -3.02. The van der Waals surface area contributed by atoms with Crippen molar-refractivity contribution in [3.05, 3.63) is 60.2 Å². The number of anilines is 1. The molecule has 1 aliphatic rings. The third kappa shape index (κ3) is 3.32. The molecular weight excluding hydrogens is 306 g/mol. The van der Waals surface area contributed by atoms with Crippen LogP contribution in [0, 0.1) is 0 Å². The molecule has 1 aliphatic heterocycles. The minimum atomic E-state index is -0.383. The van der Waals surface area contributed by atoms with Crippen molar-refractivity contribution >= 4 is 17.5 Å². The number of benzene rings is 2. The summed E-state index contributed by atoms with van der Waals surface area (Å²) in [7, 11) is 0. The predicted molar refractivity (Wildman–Crippen MR) is 90.4 cm³/mol. The van der Waals surface area contributed by atoms with Crippen molar-refractivity contribution in [2.24, 2.45) is 0 Å². The van der Waals surface area contributed by atoms with E-state index in [1.165, 1.54) is 5.01 Å². The van der Waals surface area contributed by atoms with E-state index in [2.05, 4.69) is 10.7 Å². The van der Waals surface area contributed by atoms with Gasteiger partial charge in [-0.2, -0.15) is 0 Å². The molecule has 0 radical (unpaired) electrons. The number of para-hydroxylation sites is 2. The lowest BCUT2D eigenvalue weighted by Crippen LogP contribution is -2.57. The van der Waals surface area contributed by atoms with Gasteiger partial charge in [-0.15, -0.1) is 0 Å². The lowest BCUT2D eigenvalue weighted by Gasteiger charge is -2.37. The number of nitrogens with zero attached hydrogens (tertiary/aromatic N) is 1. The van der Waals surface area contributed by atoms with Crippen LogP contribution in [0.3, 0.4) is 0 Å². The smallest absolute Gasteiger partial charge is 0.276 e. The van der Waals surface area contributed by atoms with Crippen LogP contribution >= 0.6 is 0 Å². The van der Waals surface area contributed by atoms with Crippen molar-refractivity contribution in [2.45, 2.75) is 19.5 Å². The van der Waals surface area contributed by atoms with Gasteiger partial charge in [0.25, 0.3) is 11.8 Å². The van der Waals surface area contributed by atoms with Crippen LogP contribution in [-0.2, 0) is 4.79 Å². The fraction of sp³-hybridized carbons (Fsp3) is 0.222. The average Bonchev–Trinajstić information content (AvgIpc) is 2.63. The van der Waals surface area contributed by atoms with Crippen LogP contribution in [0.5, 0.6) is 5.75 Å². The summed E-state index contributed by atoms with van der Waals surface area (Å²) >= 11 is 0. The van der Waals surface area contributed by atoms with Crippen molar-refractivity contribution in [1.29, 1.82) is 0 Å². The summed E-state index contributed by atoms with van der Waals surface area (Å²) in [5.41, 5.74) is 3.95. The lowest BCUT2D eigenvalue weighted by atomic mass is 10.1. The van der Waals surface area contributed by atoms with Gasteiger partial charge in [-0.1, -0.05) is 37.3 Å². The molecule has 1 atom stereocenters. The molecule has 2 aromatic rings. The zero-order valence-electron chi connectivity index (χ0n) is 13.4. The van der Waals surface area contributed by atoms with Crippen molar-refractivity contribution in [2.75, 3.05) is 11.9 Å². The molecule has 3 rings (SSSR count). The van der Waals surface area contributed by atoms with Gasteiger partial charge in [0, 0.05) is 5.69 Å². The molecule has 0 saturated heterocycles. The third-order valence-electron chi connectivity index (χ3n) is 3.76. The molecule has 1 unspecified atom stereocenters. The highest BCUT2D eigenvalue weighted by Gasteiger charge is 2.32. The van der Waals surface area contributed by atoms with Crippen molar-refractivity contribution in [1.82, 2.24) is 10.4 Å². The number of hydrogen-bond donors (Lipinski definition) is 2. The van der Waals surface area contributed by atoms with Crippen LogP contribution in [0.15, 0.2) is 54.6 Å². The highest BCUT2D eigenvalue weighted by atomic mass is 16.5. The minimum Gasteiger partial charge on any atom is -0.484 e. The number of ether oxygens (including phenoxy) is 1. The van der Waals surface area contributed by atoms with Gasteiger partial charge in [-0.3, -0.25) is 15.0 Å². The maximum atomic E-state index is 12.6. The van der Waals surface area contributed by atoms with Crippen molar-refractivity contribution in [3.63, 3.8) is 0 Å². The number of fused-ring (bicyclic) bond motifs is 1. The van der Waals surface area contributed by atoms with Gasteiger partial charge in [0.05, 0.1) is 5.56 Å². The van der Waals surface area contributed by atoms with Crippen LogP contribution < -0.4 is 15.5 Å². The van der Waals surface area contributed by atoms with Crippen LogP contribution in [0.25, 0.3) is 0 Å². The van der Waals surface area contributed by atoms with E-state index in [-0.39, 0.29) is 24.6 Å². The Labute approximate surface area is 140 Å². The molecule has 0 fully saturated rings. The first-order valence-electron chi connectivity index (χ1n) is 7.85. The van der Waals surface area contributed by atoms with Gasteiger partial charge >= 0.3 is 0 Å². The summed E-state index contributed by atoms with van der Waals surface area (Å²) in [6.45, 7) is 1.78. The Bertz CT molecular complexity index is 733. The average molecular weight is 325 g/mol. The van der Waals surface area contributed by atoms with E-state index in [0.717, 1.165) is 5.69 Å². The molecule has 6 heteroatoms. The Morgan fingerprint density at radius 1 is 1.17 bits per heavy atom. The summed E-state index contributed by atoms with van der Waals surface area (Å²) in [4.78, 5) is 24.8. The molecule has 2 aromatic carbocycles. The summed E-state index contributed by atoms with van der Waals surface area (Å²) < 4.78 is 5.41. The van der Waals surface area contributed by atoms with Gasteiger partial charge in [0.1, 0.15) is 11.9 Å². The van der Waals surface area contributed by atoms with E-state index in [4.69, 9.17) is 4.74 Å². The van der Waals surface area contributed by atoms with E-state index in [0.29, 0.717) is 17.7 Å². The number of hydrogen-bond acceptors (Lipinski definition) is 4. The molecular formula is C18H19N3O3. The molecule has 0 saturated carbocycles. The lowest BCUT2D eigenvalue weighted by molar-refractivity contribution is -0.127. The van der Waals surface area contributed by atoms with Gasteiger partial charge < -0.3 is 10.1 Å². The van der Waals surface area contributed by atoms with Crippen molar-refractivity contribution < 1.29 is 14.3 Å². The van der Waals surface area contributed by atoms with E-state index in [9.17, 15) is 9.59 Å². The quantitative estimate of drug-likeness (QED) is 0.885. The molecule has 0 aliphatic carbocycles.